The molecule has 0 aliphatic carbocycles. The predicted molar refractivity (Wildman–Crippen MR) is 90.1 cm³/mol. The number of halogens is 1. The summed E-state index contributed by atoms with van der Waals surface area (Å²) in [4.78, 5) is 4.74. The van der Waals surface area contributed by atoms with E-state index < -0.39 is 0 Å². The highest BCUT2D eigenvalue weighted by molar-refractivity contribution is 6.33. The third-order valence-corrected chi connectivity index (χ3v) is 3.82. The number of imidazole rings is 1. The van der Waals surface area contributed by atoms with Gasteiger partial charge in [0.05, 0.1) is 29.3 Å². The zero-order chi connectivity index (χ0) is 15.4. The summed E-state index contributed by atoms with van der Waals surface area (Å²) in [6, 6.07) is 15.8. The second kappa shape index (κ2) is 6.92. The van der Waals surface area contributed by atoms with Crippen molar-refractivity contribution in [1.82, 2.24) is 9.55 Å². The van der Waals surface area contributed by atoms with Crippen LogP contribution in [0.25, 0.3) is 22.4 Å². The maximum atomic E-state index is 6.34. The lowest BCUT2D eigenvalue weighted by atomic mass is 10.2. The van der Waals surface area contributed by atoms with Gasteiger partial charge >= 0.3 is 0 Å². The number of benzene rings is 2. The molecule has 0 fully saturated rings. The van der Waals surface area contributed by atoms with Crippen molar-refractivity contribution in [2.45, 2.75) is 6.54 Å². The van der Waals surface area contributed by atoms with E-state index in [1.165, 1.54) is 0 Å². The molecular weight excluding hydrogens is 298 g/mol. The van der Waals surface area contributed by atoms with Crippen LogP contribution in [0.1, 0.15) is 0 Å². The number of nitrogens with zero attached hydrogens (tertiary/aromatic N) is 2. The van der Waals surface area contributed by atoms with Gasteiger partial charge in [-0.3, -0.25) is 0 Å². The number of ether oxygens (including phenoxy) is 1. The Morgan fingerprint density at radius 1 is 1.05 bits per heavy atom. The summed E-state index contributed by atoms with van der Waals surface area (Å²) in [5, 5.41) is 0.696. The second-order valence-corrected chi connectivity index (χ2v) is 5.36. The van der Waals surface area contributed by atoms with Gasteiger partial charge < -0.3 is 15.0 Å². The van der Waals surface area contributed by atoms with Gasteiger partial charge in [-0.15, -0.1) is 0 Å². The van der Waals surface area contributed by atoms with Crippen molar-refractivity contribution in [3.8, 4) is 11.4 Å². The normalized spacial score (nSPS) is 11.2. The second-order valence-electron chi connectivity index (χ2n) is 4.96. The highest BCUT2D eigenvalue weighted by Gasteiger charge is 2.14. The molecule has 4 nitrogen and oxygen atoms in total. The zero-order valence-corrected chi connectivity index (χ0v) is 13.0. The van der Waals surface area contributed by atoms with E-state index in [4.69, 9.17) is 27.1 Å². The van der Waals surface area contributed by atoms with Gasteiger partial charge in [-0.1, -0.05) is 35.9 Å². The number of nitrogens with two attached hydrogens (primary N) is 1. The average Bonchev–Trinajstić information content (AvgIpc) is 2.90. The SMILES string of the molecule is NCCOCCn1c(-c2ccccc2Cl)nc2ccccc21. The Morgan fingerprint density at radius 2 is 1.82 bits per heavy atom. The Hall–Kier alpha value is -1.88. The fourth-order valence-corrected chi connectivity index (χ4v) is 2.71. The lowest BCUT2D eigenvalue weighted by Crippen LogP contribution is -2.13. The van der Waals surface area contributed by atoms with Crippen molar-refractivity contribution in [1.29, 1.82) is 0 Å². The van der Waals surface area contributed by atoms with Crippen molar-refractivity contribution in [2.75, 3.05) is 19.8 Å². The number of fused-ring (bicyclic) bond motifs is 1. The van der Waals surface area contributed by atoms with Crippen molar-refractivity contribution in [2.24, 2.45) is 5.73 Å². The molecule has 0 saturated heterocycles. The molecule has 0 atom stereocenters. The highest BCUT2D eigenvalue weighted by Crippen LogP contribution is 2.29. The van der Waals surface area contributed by atoms with E-state index in [0.717, 1.165) is 22.4 Å². The molecule has 3 rings (SSSR count). The summed E-state index contributed by atoms with van der Waals surface area (Å²) in [5.74, 6) is 0.864. The molecule has 0 spiro atoms. The maximum absolute atomic E-state index is 6.34. The zero-order valence-electron chi connectivity index (χ0n) is 12.2. The summed E-state index contributed by atoms with van der Waals surface area (Å²) in [5.41, 5.74) is 8.42. The first-order valence-electron chi connectivity index (χ1n) is 7.29. The molecule has 2 N–H and O–H groups in total. The Labute approximate surface area is 134 Å². The standard InChI is InChI=1S/C17H18ClN3O/c18-14-6-2-1-5-13(14)17-20-15-7-3-4-8-16(15)21(17)10-12-22-11-9-19/h1-8H,9-12,19H2. The Morgan fingerprint density at radius 3 is 2.64 bits per heavy atom. The molecule has 0 unspecified atom stereocenters. The molecule has 0 amide bonds. The van der Waals surface area contributed by atoms with Gasteiger partial charge in [0.25, 0.3) is 0 Å². The van der Waals surface area contributed by atoms with Crippen LogP contribution in [0, 0.1) is 0 Å². The van der Waals surface area contributed by atoms with Crippen LogP contribution in [0.5, 0.6) is 0 Å². The monoisotopic (exact) mass is 315 g/mol. The van der Waals surface area contributed by atoms with Crippen LogP contribution in [0.2, 0.25) is 5.02 Å². The number of para-hydroxylation sites is 2. The van der Waals surface area contributed by atoms with Crippen LogP contribution in [0.15, 0.2) is 48.5 Å². The highest BCUT2D eigenvalue weighted by atomic mass is 35.5. The number of rotatable bonds is 6. The van der Waals surface area contributed by atoms with E-state index in [1.54, 1.807) is 0 Å². The first kappa shape index (κ1) is 15.0. The molecule has 1 aromatic heterocycles. The third kappa shape index (κ3) is 2.99. The van der Waals surface area contributed by atoms with Crippen molar-refractivity contribution < 1.29 is 4.74 Å². The molecule has 0 aliphatic heterocycles. The van der Waals surface area contributed by atoms with Gasteiger partial charge in [-0.05, 0) is 24.3 Å². The molecule has 0 radical (unpaired) electrons. The minimum absolute atomic E-state index is 0.530. The van der Waals surface area contributed by atoms with Gasteiger partial charge in [-0.2, -0.15) is 0 Å². The molecule has 114 valence electrons. The lowest BCUT2D eigenvalue weighted by Gasteiger charge is -2.10. The summed E-state index contributed by atoms with van der Waals surface area (Å²) in [6.45, 7) is 2.40. The minimum atomic E-state index is 0.530. The number of hydrogen-bond donors (Lipinski definition) is 1. The van der Waals surface area contributed by atoms with Gasteiger partial charge in [0.1, 0.15) is 5.82 Å². The maximum Gasteiger partial charge on any atom is 0.142 e. The summed E-state index contributed by atoms with van der Waals surface area (Å²) >= 11 is 6.34. The van der Waals surface area contributed by atoms with Crippen molar-refractivity contribution in [3.63, 3.8) is 0 Å². The molecule has 1 heterocycles. The van der Waals surface area contributed by atoms with E-state index in [9.17, 15) is 0 Å². The minimum Gasteiger partial charge on any atom is -0.378 e. The molecule has 0 saturated carbocycles. The molecule has 0 aliphatic rings. The van der Waals surface area contributed by atoms with E-state index in [-0.39, 0.29) is 0 Å². The van der Waals surface area contributed by atoms with Crippen LogP contribution < -0.4 is 5.73 Å². The molecule has 22 heavy (non-hydrogen) atoms. The summed E-state index contributed by atoms with van der Waals surface area (Å²) in [7, 11) is 0. The smallest absolute Gasteiger partial charge is 0.142 e. The average molecular weight is 316 g/mol. The van der Waals surface area contributed by atoms with Gasteiger partial charge in [0.2, 0.25) is 0 Å². The van der Waals surface area contributed by atoms with Crippen LogP contribution in [0.3, 0.4) is 0 Å². The van der Waals surface area contributed by atoms with Crippen LogP contribution in [0.4, 0.5) is 0 Å². The van der Waals surface area contributed by atoms with E-state index in [0.29, 0.717) is 31.3 Å². The van der Waals surface area contributed by atoms with Crippen LogP contribution in [-0.4, -0.2) is 29.3 Å². The lowest BCUT2D eigenvalue weighted by molar-refractivity contribution is 0.134. The van der Waals surface area contributed by atoms with Crippen molar-refractivity contribution >= 4 is 22.6 Å². The third-order valence-electron chi connectivity index (χ3n) is 3.49. The first-order chi connectivity index (χ1) is 10.8. The first-order valence-corrected chi connectivity index (χ1v) is 7.67. The quantitative estimate of drug-likeness (QED) is 0.710. The van der Waals surface area contributed by atoms with Gasteiger partial charge in [0.15, 0.2) is 0 Å². The van der Waals surface area contributed by atoms with E-state index >= 15 is 0 Å². The Kier molecular flexibility index (Phi) is 4.73. The Bertz CT molecular complexity index is 769. The molecule has 3 aromatic rings. The van der Waals surface area contributed by atoms with Crippen LogP contribution in [-0.2, 0) is 11.3 Å². The van der Waals surface area contributed by atoms with Crippen molar-refractivity contribution in [3.05, 3.63) is 53.6 Å². The molecular formula is C17H18ClN3O. The topological polar surface area (TPSA) is 53.1 Å². The van der Waals surface area contributed by atoms with E-state index in [2.05, 4.69) is 10.6 Å². The van der Waals surface area contributed by atoms with Gasteiger partial charge in [-0.25, -0.2) is 4.98 Å². The molecule has 0 bridgehead atoms. The predicted octanol–water partition coefficient (Wildman–Crippen LogP) is 3.33. The molecule has 5 heteroatoms. The number of hydrogen-bond acceptors (Lipinski definition) is 3. The van der Waals surface area contributed by atoms with E-state index in [1.807, 2.05) is 42.5 Å². The summed E-state index contributed by atoms with van der Waals surface area (Å²) < 4.78 is 7.67. The summed E-state index contributed by atoms with van der Waals surface area (Å²) in [6.07, 6.45) is 0. The largest absolute Gasteiger partial charge is 0.378 e. The Balaban J connectivity index is 2.03. The molecule has 2 aromatic carbocycles. The fraction of sp³-hybridized carbons (Fsp3) is 0.235. The van der Waals surface area contributed by atoms with Crippen LogP contribution >= 0.6 is 11.6 Å². The fourth-order valence-electron chi connectivity index (χ4n) is 2.49. The number of aromatic nitrogens is 2. The van der Waals surface area contributed by atoms with Gasteiger partial charge in [0, 0.05) is 18.7 Å².